The molecule has 0 spiro atoms. The fraction of sp³-hybridized carbons (Fsp3) is 0.583. The van der Waals surface area contributed by atoms with Crippen LogP contribution in [-0.4, -0.2) is 73.3 Å². The van der Waals surface area contributed by atoms with Gasteiger partial charge in [0.2, 0.25) is 0 Å². The molecule has 0 amide bonds. The maximum Gasteiger partial charge on any atom is 0.325 e. The quantitative estimate of drug-likeness (QED) is 0.838. The molecule has 2 heterocycles. The molecule has 9 heteroatoms. The molecule has 1 atom stereocenters. The van der Waals surface area contributed by atoms with Crippen molar-refractivity contribution in [3.63, 3.8) is 0 Å². The number of nitrogens with zero attached hydrogens (tertiary/aromatic N) is 3. The fourth-order valence-corrected chi connectivity index (χ4v) is 4.13. The van der Waals surface area contributed by atoms with Crippen LogP contribution in [0.2, 0.25) is 0 Å². The van der Waals surface area contributed by atoms with E-state index in [0.717, 1.165) is 5.56 Å². The number of rotatable bonds is 5. The molecule has 7 nitrogen and oxygen atoms in total. The molecule has 21 heavy (non-hydrogen) atoms. The molecule has 1 aromatic rings. The van der Waals surface area contributed by atoms with Gasteiger partial charge in [-0.2, -0.15) is 28.4 Å². The van der Waals surface area contributed by atoms with Gasteiger partial charge in [0, 0.05) is 40.3 Å². The maximum absolute atomic E-state index is 12.0. The van der Waals surface area contributed by atoms with Crippen LogP contribution >= 0.6 is 11.3 Å². The highest BCUT2D eigenvalue weighted by atomic mass is 32.2. The Morgan fingerprint density at radius 1 is 1.33 bits per heavy atom. The van der Waals surface area contributed by atoms with Crippen LogP contribution in [-0.2, 0) is 15.0 Å². The summed E-state index contributed by atoms with van der Waals surface area (Å²) in [6, 6.07) is 1.09. The molecule has 2 rings (SSSR count). The van der Waals surface area contributed by atoms with E-state index in [2.05, 4.69) is 0 Å². The molecule has 1 aromatic heterocycles. The SMILES string of the molecule is CN(C)S(=O)(=O)N1CCN(C(C(=O)O)c2ccsc2)CC1. The van der Waals surface area contributed by atoms with Crippen LogP contribution < -0.4 is 0 Å². The molecule has 1 aliphatic heterocycles. The predicted octanol–water partition coefficient (Wildman–Crippen LogP) is 0.298. The lowest BCUT2D eigenvalue weighted by Crippen LogP contribution is -2.53. The second-order valence-corrected chi connectivity index (χ2v) is 7.95. The Hall–Kier alpha value is -1.000. The highest BCUT2D eigenvalue weighted by Crippen LogP contribution is 2.25. The van der Waals surface area contributed by atoms with Gasteiger partial charge in [-0.05, 0) is 22.4 Å². The van der Waals surface area contributed by atoms with Crippen molar-refractivity contribution in [2.75, 3.05) is 40.3 Å². The molecule has 1 N–H and O–H groups in total. The molecule has 1 fully saturated rings. The van der Waals surface area contributed by atoms with Crippen LogP contribution in [0, 0.1) is 0 Å². The zero-order chi connectivity index (χ0) is 15.6. The largest absolute Gasteiger partial charge is 0.480 e. The molecular weight excluding hydrogens is 314 g/mol. The van der Waals surface area contributed by atoms with Gasteiger partial charge in [-0.1, -0.05) is 0 Å². The first-order chi connectivity index (χ1) is 9.84. The van der Waals surface area contributed by atoms with E-state index in [1.54, 1.807) is 6.07 Å². The maximum atomic E-state index is 12.0. The summed E-state index contributed by atoms with van der Waals surface area (Å²) in [6.45, 7) is 1.41. The smallest absolute Gasteiger partial charge is 0.325 e. The Kier molecular flexibility index (Phi) is 4.99. The molecule has 0 saturated carbocycles. The minimum absolute atomic E-state index is 0.300. The Morgan fingerprint density at radius 2 is 1.95 bits per heavy atom. The first kappa shape index (κ1) is 16.4. The van der Waals surface area contributed by atoms with Gasteiger partial charge >= 0.3 is 5.97 Å². The van der Waals surface area contributed by atoms with Crippen LogP contribution in [0.25, 0.3) is 0 Å². The van der Waals surface area contributed by atoms with Gasteiger partial charge in [-0.25, -0.2) is 0 Å². The van der Waals surface area contributed by atoms with Gasteiger partial charge in [-0.3, -0.25) is 9.69 Å². The van der Waals surface area contributed by atoms with Crippen molar-refractivity contribution >= 4 is 27.5 Å². The van der Waals surface area contributed by atoms with Crippen LogP contribution in [0.15, 0.2) is 16.8 Å². The number of carboxylic acid groups (broad SMARTS) is 1. The first-order valence-corrected chi connectivity index (χ1v) is 8.84. The molecule has 118 valence electrons. The van der Waals surface area contributed by atoms with E-state index in [4.69, 9.17) is 0 Å². The third kappa shape index (κ3) is 3.43. The van der Waals surface area contributed by atoms with Crippen molar-refractivity contribution in [3.05, 3.63) is 22.4 Å². The third-order valence-corrected chi connectivity index (χ3v) is 6.16. The van der Waals surface area contributed by atoms with Crippen LogP contribution in [0.1, 0.15) is 11.6 Å². The van der Waals surface area contributed by atoms with Crippen molar-refractivity contribution in [2.45, 2.75) is 6.04 Å². The van der Waals surface area contributed by atoms with Crippen molar-refractivity contribution in [1.29, 1.82) is 0 Å². The van der Waals surface area contributed by atoms with E-state index in [-0.39, 0.29) is 0 Å². The number of piperazine rings is 1. The average Bonchev–Trinajstić information content (AvgIpc) is 2.92. The van der Waals surface area contributed by atoms with Gasteiger partial charge in [0.1, 0.15) is 6.04 Å². The van der Waals surface area contributed by atoms with E-state index < -0.39 is 22.2 Å². The second-order valence-electron chi connectivity index (χ2n) is 5.02. The summed E-state index contributed by atoms with van der Waals surface area (Å²) in [5, 5.41) is 13.1. The van der Waals surface area contributed by atoms with Gasteiger partial charge in [0.05, 0.1) is 0 Å². The second kappa shape index (κ2) is 6.41. The summed E-state index contributed by atoms with van der Waals surface area (Å²) in [4.78, 5) is 13.3. The zero-order valence-corrected chi connectivity index (χ0v) is 13.6. The third-order valence-electron chi connectivity index (χ3n) is 3.52. The lowest BCUT2D eigenvalue weighted by molar-refractivity contribution is -0.144. The zero-order valence-electron chi connectivity index (χ0n) is 12.0. The van der Waals surface area contributed by atoms with Crippen LogP contribution in [0.5, 0.6) is 0 Å². The monoisotopic (exact) mass is 333 g/mol. The van der Waals surface area contributed by atoms with E-state index in [1.165, 1.54) is 34.0 Å². The average molecular weight is 333 g/mol. The number of thiophene rings is 1. The Morgan fingerprint density at radius 3 is 2.38 bits per heavy atom. The summed E-state index contributed by atoms with van der Waals surface area (Å²) in [5.41, 5.74) is 0.747. The lowest BCUT2D eigenvalue weighted by atomic mass is 10.1. The molecular formula is C12H19N3O4S2. The van der Waals surface area contributed by atoms with Gasteiger partial charge in [0.15, 0.2) is 0 Å². The number of aliphatic carboxylic acids is 1. The summed E-state index contributed by atoms with van der Waals surface area (Å²) < 4.78 is 26.6. The summed E-state index contributed by atoms with van der Waals surface area (Å²) in [7, 11) is -0.442. The van der Waals surface area contributed by atoms with Crippen molar-refractivity contribution < 1.29 is 18.3 Å². The molecule has 0 aliphatic carbocycles. The number of carboxylic acids is 1. The van der Waals surface area contributed by atoms with Crippen molar-refractivity contribution in [1.82, 2.24) is 13.5 Å². The van der Waals surface area contributed by atoms with Crippen molar-refractivity contribution in [3.8, 4) is 0 Å². The normalized spacial score (nSPS) is 19.8. The molecule has 1 unspecified atom stereocenters. The highest BCUT2D eigenvalue weighted by molar-refractivity contribution is 7.86. The molecule has 0 bridgehead atoms. The molecule has 1 saturated heterocycles. The standard InChI is InChI=1S/C12H19N3O4S2/c1-13(2)21(18,19)15-6-4-14(5-7-15)11(12(16)17)10-3-8-20-9-10/h3,8-9,11H,4-7H2,1-2H3,(H,16,17). The molecule has 0 aromatic carbocycles. The van der Waals surface area contributed by atoms with Gasteiger partial charge in [-0.15, -0.1) is 0 Å². The van der Waals surface area contributed by atoms with E-state index in [1.807, 2.05) is 15.7 Å². The number of hydrogen-bond acceptors (Lipinski definition) is 5. The Bertz CT molecular complexity index is 578. The van der Waals surface area contributed by atoms with Gasteiger partial charge in [0.25, 0.3) is 10.2 Å². The highest BCUT2D eigenvalue weighted by Gasteiger charge is 2.34. The molecule has 1 aliphatic rings. The summed E-state index contributed by atoms with van der Waals surface area (Å²) >= 11 is 1.46. The lowest BCUT2D eigenvalue weighted by Gasteiger charge is -2.37. The van der Waals surface area contributed by atoms with E-state index >= 15 is 0 Å². The fourth-order valence-electron chi connectivity index (χ4n) is 2.36. The molecule has 0 radical (unpaired) electrons. The minimum Gasteiger partial charge on any atom is -0.480 e. The van der Waals surface area contributed by atoms with Crippen LogP contribution in [0.3, 0.4) is 0 Å². The van der Waals surface area contributed by atoms with Gasteiger partial charge < -0.3 is 5.11 Å². The summed E-state index contributed by atoms with van der Waals surface area (Å²) in [5.74, 6) is -0.905. The van der Waals surface area contributed by atoms with E-state index in [9.17, 15) is 18.3 Å². The number of hydrogen-bond donors (Lipinski definition) is 1. The van der Waals surface area contributed by atoms with Crippen molar-refractivity contribution in [2.24, 2.45) is 0 Å². The predicted molar refractivity (Wildman–Crippen MR) is 80.4 cm³/mol. The first-order valence-electron chi connectivity index (χ1n) is 6.50. The Labute approximate surface area is 128 Å². The number of carbonyl (C=O) groups is 1. The topological polar surface area (TPSA) is 81.2 Å². The Balaban J connectivity index is 2.08. The van der Waals surface area contributed by atoms with E-state index in [0.29, 0.717) is 26.2 Å². The van der Waals surface area contributed by atoms with Crippen LogP contribution in [0.4, 0.5) is 0 Å². The summed E-state index contributed by atoms with van der Waals surface area (Å²) in [6.07, 6.45) is 0. The minimum atomic E-state index is -3.43.